The van der Waals surface area contributed by atoms with Crippen molar-refractivity contribution in [1.82, 2.24) is 24.9 Å². The maximum absolute atomic E-state index is 12.6. The number of alkyl halides is 3. The number of benzene rings is 1. The van der Waals surface area contributed by atoms with Gasteiger partial charge in [-0.05, 0) is 30.7 Å². The highest BCUT2D eigenvalue weighted by Crippen LogP contribution is 2.20. The lowest BCUT2D eigenvalue weighted by Gasteiger charge is -2.12. The van der Waals surface area contributed by atoms with Gasteiger partial charge >= 0.3 is 12.2 Å². The Hall–Kier alpha value is -3.65. The molecule has 3 rings (SSSR count). The number of ether oxygens (including phenoxy) is 1. The second-order valence-corrected chi connectivity index (χ2v) is 6.75. The molecule has 0 bridgehead atoms. The zero-order chi connectivity index (χ0) is 23.7. The van der Waals surface area contributed by atoms with Crippen molar-refractivity contribution in [1.29, 1.82) is 0 Å². The van der Waals surface area contributed by atoms with Crippen LogP contribution in [0.4, 0.5) is 42.4 Å². The molecule has 34 heavy (non-hydrogen) atoms. The van der Waals surface area contributed by atoms with E-state index in [0.29, 0.717) is 37.0 Å². The van der Waals surface area contributed by atoms with Crippen LogP contribution in [0, 0.1) is 0 Å². The van der Waals surface area contributed by atoms with Crippen molar-refractivity contribution in [2.75, 3.05) is 41.4 Å². The van der Waals surface area contributed by atoms with Crippen molar-refractivity contribution in [3.63, 3.8) is 0 Å². The van der Waals surface area contributed by atoms with Gasteiger partial charge in [0.1, 0.15) is 0 Å². The van der Waals surface area contributed by atoms with Crippen molar-refractivity contribution in [2.24, 2.45) is 5.73 Å². The minimum atomic E-state index is -4.54. The third-order valence-electron chi connectivity index (χ3n) is 3.98. The summed E-state index contributed by atoms with van der Waals surface area (Å²) in [5, 5.41) is 8.76. The number of anilines is 5. The first-order chi connectivity index (χ1) is 15.8. The maximum atomic E-state index is 12.6. The third-order valence-corrected chi connectivity index (χ3v) is 3.98. The molecule has 0 fully saturated rings. The van der Waals surface area contributed by atoms with Gasteiger partial charge in [-0.15, -0.1) is 12.4 Å². The molecular weight excluding hydrogens is 477 g/mol. The number of halogens is 4. The van der Waals surface area contributed by atoms with Crippen LogP contribution in [0.2, 0.25) is 0 Å². The van der Waals surface area contributed by atoms with E-state index in [-0.39, 0.29) is 24.3 Å². The molecule has 15 heteroatoms. The summed E-state index contributed by atoms with van der Waals surface area (Å²) in [5.41, 5.74) is 13.0. The van der Waals surface area contributed by atoms with E-state index >= 15 is 0 Å². The SMILES string of the molecule is Cl.NCCCNc1ncc(Nc2nc(NCc3ccc(N)cc3)nc(OCC(F)(F)F)n2)cn1. The largest absolute Gasteiger partial charge is 0.454 e. The molecular formula is C19H24ClF3N10O. The van der Waals surface area contributed by atoms with Crippen molar-refractivity contribution in [3.05, 3.63) is 42.2 Å². The van der Waals surface area contributed by atoms with Crippen molar-refractivity contribution < 1.29 is 17.9 Å². The predicted octanol–water partition coefficient (Wildman–Crippen LogP) is 2.72. The topological polar surface area (TPSA) is 162 Å². The average molecular weight is 501 g/mol. The van der Waals surface area contributed by atoms with Gasteiger partial charge in [0.2, 0.25) is 17.8 Å². The van der Waals surface area contributed by atoms with Gasteiger partial charge in [-0.1, -0.05) is 12.1 Å². The molecule has 184 valence electrons. The molecule has 0 spiro atoms. The summed E-state index contributed by atoms with van der Waals surface area (Å²) in [6.45, 7) is -0.0754. The van der Waals surface area contributed by atoms with Crippen LogP contribution in [0.5, 0.6) is 6.01 Å². The van der Waals surface area contributed by atoms with E-state index in [1.165, 1.54) is 12.4 Å². The number of nitrogens with zero attached hydrogens (tertiary/aromatic N) is 5. The van der Waals surface area contributed by atoms with Gasteiger partial charge in [0.05, 0.1) is 18.1 Å². The fraction of sp³-hybridized carbons (Fsp3) is 0.316. The number of aromatic nitrogens is 5. The molecule has 0 radical (unpaired) electrons. The summed E-state index contributed by atoms with van der Waals surface area (Å²) < 4.78 is 42.4. The standard InChI is InChI=1S/C19H23F3N10O.ClH/c20-19(21,22)11-33-18-31-16(26-8-12-2-4-13(24)5-3-12)30-17(32-18)29-14-9-27-15(28-10-14)25-7-1-6-23;/h2-5,9-10H,1,6-8,11,23-24H2,(H,25,27,28)(H2,26,29,30,31,32);1H. The zero-order valence-corrected chi connectivity index (χ0v) is 18.7. The van der Waals surface area contributed by atoms with Crippen molar-refractivity contribution in [2.45, 2.75) is 19.1 Å². The van der Waals surface area contributed by atoms with Crippen molar-refractivity contribution in [3.8, 4) is 6.01 Å². The monoisotopic (exact) mass is 500 g/mol. The fourth-order valence-electron chi connectivity index (χ4n) is 2.43. The highest BCUT2D eigenvalue weighted by Gasteiger charge is 2.29. The highest BCUT2D eigenvalue weighted by molar-refractivity contribution is 5.85. The van der Waals surface area contributed by atoms with Crippen LogP contribution in [0.3, 0.4) is 0 Å². The number of hydrogen-bond donors (Lipinski definition) is 5. The van der Waals surface area contributed by atoms with Crippen molar-refractivity contribution >= 4 is 41.6 Å². The molecule has 0 saturated heterocycles. The lowest BCUT2D eigenvalue weighted by molar-refractivity contribution is -0.154. The van der Waals surface area contributed by atoms with E-state index in [0.717, 1.165) is 12.0 Å². The molecule has 1 aromatic carbocycles. The maximum Gasteiger partial charge on any atom is 0.422 e. The van der Waals surface area contributed by atoms with E-state index in [2.05, 4.69) is 40.9 Å². The first-order valence-corrected chi connectivity index (χ1v) is 9.87. The molecule has 0 saturated carbocycles. The van der Waals surface area contributed by atoms with E-state index in [4.69, 9.17) is 16.2 Å². The van der Waals surface area contributed by atoms with Crippen LogP contribution >= 0.6 is 12.4 Å². The fourth-order valence-corrected chi connectivity index (χ4v) is 2.43. The first kappa shape index (κ1) is 26.6. The molecule has 0 amide bonds. The van der Waals surface area contributed by atoms with Gasteiger partial charge in [0.15, 0.2) is 6.61 Å². The Morgan fingerprint density at radius 2 is 1.59 bits per heavy atom. The van der Waals surface area contributed by atoms with E-state index in [1.54, 1.807) is 24.3 Å². The molecule has 0 aliphatic rings. The Kier molecular flexibility index (Phi) is 9.82. The Balaban J connectivity index is 0.00000408. The number of rotatable bonds is 11. The van der Waals surface area contributed by atoms with Crippen LogP contribution in [-0.4, -0.2) is 50.8 Å². The van der Waals surface area contributed by atoms with E-state index in [1.807, 2.05) is 0 Å². The Morgan fingerprint density at radius 3 is 2.24 bits per heavy atom. The highest BCUT2D eigenvalue weighted by atomic mass is 35.5. The van der Waals surface area contributed by atoms with Gasteiger partial charge in [-0.25, -0.2) is 9.97 Å². The molecule has 0 unspecified atom stereocenters. The third kappa shape index (κ3) is 9.07. The Morgan fingerprint density at radius 1 is 0.912 bits per heavy atom. The zero-order valence-electron chi connectivity index (χ0n) is 17.8. The summed E-state index contributed by atoms with van der Waals surface area (Å²) >= 11 is 0. The second kappa shape index (κ2) is 12.6. The summed E-state index contributed by atoms with van der Waals surface area (Å²) in [7, 11) is 0. The Bertz CT molecular complexity index is 1020. The first-order valence-electron chi connectivity index (χ1n) is 9.87. The lowest BCUT2D eigenvalue weighted by atomic mass is 10.2. The molecule has 11 nitrogen and oxygen atoms in total. The van der Waals surface area contributed by atoms with Gasteiger partial charge in [0, 0.05) is 18.8 Å². The minimum Gasteiger partial charge on any atom is -0.454 e. The van der Waals surface area contributed by atoms with Crippen LogP contribution < -0.4 is 32.2 Å². The normalized spacial score (nSPS) is 10.8. The quantitative estimate of drug-likeness (QED) is 0.194. The lowest BCUT2D eigenvalue weighted by Crippen LogP contribution is -2.21. The number of hydrogen-bond acceptors (Lipinski definition) is 11. The molecule has 0 aliphatic carbocycles. The summed E-state index contributed by atoms with van der Waals surface area (Å²) in [6, 6.07) is 6.55. The molecule has 7 N–H and O–H groups in total. The molecule has 2 heterocycles. The predicted molar refractivity (Wildman–Crippen MR) is 124 cm³/mol. The smallest absolute Gasteiger partial charge is 0.422 e. The van der Waals surface area contributed by atoms with Gasteiger partial charge in [-0.2, -0.15) is 28.1 Å². The number of nitrogens with two attached hydrogens (primary N) is 2. The van der Waals surface area contributed by atoms with Crippen LogP contribution in [0.1, 0.15) is 12.0 Å². The van der Waals surface area contributed by atoms with Crippen LogP contribution in [0.25, 0.3) is 0 Å². The van der Waals surface area contributed by atoms with Gasteiger partial charge < -0.3 is 32.2 Å². The van der Waals surface area contributed by atoms with Crippen LogP contribution in [-0.2, 0) is 6.54 Å². The molecule has 0 aliphatic heterocycles. The van der Waals surface area contributed by atoms with Crippen LogP contribution in [0.15, 0.2) is 36.7 Å². The number of nitrogen functional groups attached to an aromatic ring is 1. The minimum absolute atomic E-state index is 0. The molecule has 3 aromatic rings. The summed E-state index contributed by atoms with van der Waals surface area (Å²) in [6.07, 6.45) is -0.835. The van der Waals surface area contributed by atoms with E-state index < -0.39 is 18.8 Å². The summed E-state index contributed by atoms with van der Waals surface area (Å²) in [5.74, 6) is 0.376. The average Bonchev–Trinajstić information content (AvgIpc) is 2.78. The van der Waals surface area contributed by atoms with Gasteiger partial charge in [-0.3, -0.25) is 0 Å². The molecule has 2 aromatic heterocycles. The van der Waals surface area contributed by atoms with Gasteiger partial charge in [0.25, 0.3) is 0 Å². The van der Waals surface area contributed by atoms with E-state index in [9.17, 15) is 13.2 Å². The number of nitrogens with one attached hydrogen (secondary N) is 3. The molecule has 0 atom stereocenters. The second-order valence-electron chi connectivity index (χ2n) is 6.75. The Labute approximate surface area is 199 Å². The summed E-state index contributed by atoms with van der Waals surface area (Å²) in [4.78, 5) is 20.2.